The molecule has 2 saturated heterocycles. The van der Waals surface area contributed by atoms with Gasteiger partial charge in [-0.25, -0.2) is 4.79 Å². The van der Waals surface area contributed by atoms with Gasteiger partial charge in [-0.2, -0.15) is 0 Å². The number of piperazine rings is 1. The van der Waals surface area contributed by atoms with Gasteiger partial charge in [0.2, 0.25) is 5.91 Å². The van der Waals surface area contributed by atoms with Crippen molar-refractivity contribution in [3.8, 4) is 0 Å². The lowest BCUT2D eigenvalue weighted by atomic mass is 10.0. The molecule has 0 aliphatic carbocycles. The van der Waals surface area contributed by atoms with Crippen molar-refractivity contribution in [2.45, 2.75) is 77.5 Å². The van der Waals surface area contributed by atoms with Gasteiger partial charge in [0.05, 0.1) is 0 Å². The van der Waals surface area contributed by atoms with Crippen molar-refractivity contribution in [2.24, 2.45) is 0 Å². The fraction of sp³-hybridized carbons (Fsp3) is 0.643. The molecular formula is C28H42N4O6Si. The number of rotatable bonds is 7. The summed E-state index contributed by atoms with van der Waals surface area (Å²) in [5.41, 5.74) is 1.91. The number of anilines is 1. The molecule has 0 aromatic heterocycles. The Morgan fingerprint density at radius 2 is 1.74 bits per heavy atom. The highest BCUT2D eigenvalue weighted by atomic mass is 28.3. The number of hydrogen-bond acceptors (Lipinski definition) is 7. The molecule has 1 aromatic rings. The average molecular weight is 559 g/mol. The fourth-order valence-corrected chi connectivity index (χ4v) is 5.79. The van der Waals surface area contributed by atoms with Gasteiger partial charge >= 0.3 is 6.09 Å². The molecule has 2 fully saturated rings. The number of hydrogen-bond donors (Lipinski definition) is 0. The Labute approximate surface area is 232 Å². The molecule has 3 aliphatic rings. The summed E-state index contributed by atoms with van der Waals surface area (Å²) in [5.74, 6) is -0.793. The maximum Gasteiger partial charge on any atom is 0.410 e. The van der Waals surface area contributed by atoms with Crippen molar-refractivity contribution in [3.05, 3.63) is 29.3 Å². The molecule has 3 heterocycles. The maximum absolute atomic E-state index is 13.3. The molecule has 1 unspecified atom stereocenters. The van der Waals surface area contributed by atoms with Crippen molar-refractivity contribution in [3.63, 3.8) is 0 Å². The van der Waals surface area contributed by atoms with Crippen molar-refractivity contribution in [1.29, 1.82) is 0 Å². The van der Waals surface area contributed by atoms with Crippen LogP contribution in [0.25, 0.3) is 0 Å². The van der Waals surface area contributed by atoms with E-state index in [-0.39, 0.29) is 37.0 Å². The first-order valence-corrected chi connectivity index (χ1v) is 17.5. The molecule has 11 heteroatoms. The molecule has 3 aliphatic heterocycles. The molecule has 0 saturated carbocycles. The number of imide groups is 1. The highest BCUT2D eigenvalue weighted by Gasteiger charge is 2.43. The maximum atomic E-state index is 13.3. The van der Waals surface area contributed by atoms with E-state index >= 15 is 0 Å². The first-order chi connectivity index (χ1) is 18.2. The molecule has 39 heavy (non-hydrogen) atoms. The van der Waals surface area contributed by atoms with Gasteiger partial charge in [-0.1, -0.05) is 19.6 Å². The van der Waals surface area contributed by atoms with Crippen LogP contribution < -0.4 is 4.90 Å². The van der Waals surface area contributed by atoms with Gasteiger partial charge in [-0.05, 0) is 57.0 Å². The van der Waals surface area contributed by atoms with Gasteiger partial charge in [0, 0.05) is 65.1 Å². The van der Waals surface area contributed by atoms with Crippen LogP contribution in [0, 0.1) is 0 Å². The zero-order valence-corrected chi connectivity index (χ0v) is 25.1. The van der Waals surface area contributed by atoms with Gasteiger partial charge in [0.15, 0.2) is 0 Å². The highest BCUT2D eigenvalue weighted by Crippen LogP contribution is 2.32. The number of carbonyl (C=O) groups is 4. The second kappa shape index (κ2) is 11.3. The third-order valence-corrected chi connectivity index (χ3v) is 9.00. The summed E-state index contributed by atoms with van der Waals surface area (Å²) in [4.78, 5) is 58.2. The van der Waals surface area contributed by atoms with Gasteiger partial charge in [-0.15, -0.1) is 0 Å². The quantitative estimate of drug-likeness (QED) is 0.287. The lowest BCUT2D eigenvalue weighted by molar-refractivity contribution is -0.158. The topological polar surface area (TPSA) is 99.7 Å². The van der Waals surface area contributed by atoms with Gasteiger partial charge in [0.1, 0.15) is 18.4 Å². The van der Waals surface area contributed by atoms with E-state index in [2.05, 4.69) is 24.5 Å². The minimum absolute atomic E-state index is 0.0625. The van der Waals surface area contributed by atoms with Crippen LogP contribution in [-0.2, 0) is 25.6 Å². The highest BCUT2D eigenvalue weighted by molar-refractivity contribution is 6.76. The van der Waals surface area contributed by atoms with E-state index in [0.717, 1.165) is 17.3 Å². The average Bonchev–Trinajstić information content (AvgIpc) is 3.17. The zero-order chi connectivity index (χ0) is 28.5. The number of likely N-dealkylation sites (tertiary alicyclic amines) is 1. The van der Waals surface area contributed by atoms with Gasteiger partial charge < -0.3 is 24.2 Å². The number of carbonyl (C=O) groups excluding carboxylic acids is 4. The SMILES string of the molecule is CC(C)(C)OC(=O)N1CCN(c2ccc3c(c2)CN(C2CCC(=O)N(COCC[Si](C)(C)C)C2=O)C3=O)CC1. The van der Waals surface area contributed by atoms with Crippen LogP contribution >= 0.6 is 0 Å². The lowest BCUT2D eigenvalue weighted by Gasteiger charge is -2.37. The summed E-state index contributed by atoms with van der Waals surface area (Å²) in [6.07, 6.45) is 0.229. The van der Waals surface area contributed by atoms with E-state index in [1.165, 1.54) is 4.90 Å². The number of amides is 4. The molecule has 0 spiro atoms. The standard InChI is InChI=1S/C28H42N4O6Si/c1-28(2,3)38-27(36)30-13-11-29(12-14-30)21-7-8-22-20(17-21)18-31(25(22)34)23-9-10-24(33)32(26(23)35)19-37-15-16-39(4,5)6/h7-8,17,23H,9-16,18-19H2,1-6H3. The zero-order valence-electron chi connectivity index (χ0n) is 24.1. The third kappa shape index (κ3) is 6.99. The minimum Gasteiger partial charge on any atom is -0.444 e. The molecule has 1 aromatic carbocycles. The second-order valence-corrected chi connectivity index (χ2v) is 18.4. The lowest BCUT2D eigenvalue weighted by Crippen LogP contribution is -2.55. The molecule has 4 rings (SSSR count). The monoisotopic (exact) mass is 558 g/mol. The van der Waals surface area contributed by atoms with Crippen LogP contribution in [0.15, 0.2) is 18.2 Å². The normalized spacial score (nSPS) is 20.6. The molecule has 10 nitrogen and oxygen atoms in total. The van der Waals surface area contributed by atoms with Gasteiger partial charge in [-0.3, -0.25) is 19.3 Å². The summed E-state index contributed by atoms with van der Waals surface area (Å²) in [5, 5.41) is 0. The van der Waals surface area contributed by atoms with Crippen molar-refractivity contribution in [2.75, 3.05) is 44.4 Å². The van der Waals surface area contributed by atoms with E-state index in [1.807, 2.05) is 39.0 Å². The Kier molecular flexibility index (Phi) is 8.41. The van der Waals surface area contributed by atoms with Crippen LogP contribution in [0.2, 0.25) is 25.7 Å². The largest absolute Gasteiger partial charge is 0.444 e. The molecule has 4 amide bonds. The summed E-state index contributed by atoms with van der Waals surface area (Å²) >= 11 is 0. The minimum atomic E-state index is -1.29. The summed E-state index contributed by atoms with van der Waals surface area (Å²) < 4.78 is 11.2. The fourth-order valence-electron chi connectivity index (χ4n) is 5.03. The van der Waals surface area contributed by atoms with E-state index in [4.69, 9.17) is 9.47 Å². The molecular weight excluding hydrogens is 516 g/mol. The Morgan fingerprint density at radius 1 is 1.05 bits per heavy atom. The van der Waals surface area contributed by atoms with Crippen LogP contribution in [-0.4, -0.2) is 97.7 Å². The summed E-state index contributed by atoms with van der Waals surface area (Å²) in [6, 6.07) is 6.03. The molecule has 0 N–H and O–H groups in total. The first-order valence-electron chi connectivity index (χ1n) is 13.8. The third-order valence-electron chi connectivity index (χ3n) is 7.29. The predicted octanol–water partition coefficient (Wildman–Crippen LogP) is 3.53. The van der Waals surface area contributed by atoms with E-state index in [9.17, 15) is 19.2 Å². The van der Waals surface area contributed by atoms with E-state index in [0.29, 0.717) is 51.3 Å². The Bertz CT molecular complexity index is 1120. The van der Waals surface area contributed by atoms with Crippen LogP contribution in [0.4, 0.5) is 10.5 Å². The van der Waals surface area contributed by atoms with Crippen LogP contribution in [0.3, 0.4) is 0 Å². The van der Waals surface area contributed by atoms with Crippen molar-refractivity contribution < 1.29 is 28.7 Å². The Balaban J connectivity index is 1.37. The van der Waals surface area contributed by atoms with Crippen molar-refractivity contribution in [1.82, 2.24) is 14.7 Å². The molecule has 0 bridgehead atoms. The second-order valence-electron chi connectivity index (χ2n) is 12.8. The smallest absolute Gasteiger partial charge is 0.410 e. The number of nitrogens with zero attached hydrogens (tertiary/aromatic N) is 4. The number of piperidine rings is 1. The molecule has 214 valence electrons. The predicted molar refractivity (Wildman–Crippen MR) is 150 cm³/mol. The van der Waals surface area contributed by atoms with Crippen LogP contribution in [0.1, 0.15) is 49.5 Å². The van der Waals surface area contributed by atoms with Crippen molar-refractivity contribution >= 4 is 37.6 Å². The number of benzene rings is 1. The summed E-state index contributed by atoms with van der Waals surface area (Å²) in [7, 11) is -1.29. The van der Waals surface area contributed by atoms with Crippen LogP contribution in [0.5, 0.6) is 0 Å². The number of fused-ring (bicyclic) bond motifs is 1. The Morgan fingerprint density at radius 3 is 2.38 bits per heavy atom. The van der Waals surface area contributed by atoms with E-state index < -0.39 is 19.7 Å². The Hall–Kier alpha value is -2.92. The van der Waals surface area contributed by atoms with E-state index in [1.54, 1.807) is 9.80 Å². The number of ether oxygens (including phenoxy) is 2. The molecule has 1 atom stereocenters. The first kappa shape index (κ1) is 29.1. The van der Waals surface area contributed by atoms with Gasteiger partial charge in [0.25, 0.3) is 11.8 Å². The molecule has 0 radical (unpaired) electrons. The summed E-state index contributed by atoms with van der Waals surface area (Å²) in [6.45, 7) is 15.5.